The Balaban J connectivity index is 2.32. The van der Waals surface area contributed by atoms with Crippen molar-refractivity contribution in [2.45, 2.75) is 6.54 Å². The number of aromatic nitrogens is 1. The van der Waals surface area contributed by atoms with E-state index in [-0.39, 0.29) is 11.5 Å². The van der Waals surface area contributed by atoms with Crippen molar-refractivity contribution >= 4 is 17.3 Å². The number of nitrogen functional groups attached to an aromatic ring is 1. The summed E-state index contributed by atoms with van der Waals surface area (Å²) in [6.07, 6.45) is 1.54. The van der Waals surface area contributed by atoms with Crippen molar-refractivity contribution in [3.05, 3.63) is 46.4 Å². The number of rotatable bonds is 5. The van der Waals surface area contributed by atoms with Crippen LogP contribution in [0, 0.1) is 10.1 Å². The summed E-state index contributed by atoms with van der Waals surface area (Å²) in [6.45, 7) is 0.370. The van der Waals surface area contributed by atoms with Gasteiger partial charge in [-0.3, -0.25) is 10.1 Å². The van der Waals surface area contributed by atoms with Crippen LogP contribution in [0.5, 0.6) is 0 Å². The standard InChI is InChI=1S/C11H13N5O3/c1-15(7-8-3-2-6-19-8)11-9(16(17)18)4-5-10(13-11)14-12/h2-6H,7,12H2,1H3,(H,13,14). The van der Waals surface area contributed by atoms with E-state index in [9.17, 15) is 10.1 Å². The fraction of sp³-hybridized carbons (Fsp3) is 0.182. The number of nitrogens with two attached hydrogens (primary N) is 1. The third-order valence-corrected chi connectivity index (χ3v) is 2.53. The van der Waals surface area contributed by atoms with Gasteiger partial charge < -0.3 is 14.7 Å². The first kappa shape index (κ1) is 12.8. The molecule has 100 valence electrons. The quantitative estimate of drug-likeness (QED) is 0.477. The number of hydrogen-bond donors (Lipinski definition) is 2. The maximum absolute atomic E-state index is 11.0. The predicted octanol–water partition coefficient (Wildman–Crippen LogP) is 1.50. The second kappa shape index (κ2) is 5.36. The molecule has 2 heterocycles. The summed E-state index contributed by atoms with van der Waals surface area (Å²) in [6, 6.07) is 6.34. The van der Waals surface area contributed by atoms with E-state index in [2.05, 4.69) is 10.4 Å². The van der Waals surface area contributed by atoms with E-state index in [4.69, 9.17) is 10.3 Å². The van der Waals surface area contributed by atoms with Gasteiger partial charge in [0.2, 0.25) is 5.82 Å². The molecule has 0 saturated heterocycles. The SMILES string of the molecule is CN(Cc1ccco1)c1nc(NN)ccc1[N+](=O)[O-]. The molecule has 0 aliphatic rings. The van der Waals surface area contributed by atoms with E-state index < -0.39 is 4.92 Å². The zero-order valence-electron chi connectivity index (χ0n) is 10.2. The number of furan rings is 1. The molecule has 0 aliphatic carbocycles. The van der Waals surface area contributed by atoms with Gasteiger partial charge in [0, 0.05) is 13.1 Å². The van der Waals surface area contributed by atoms with Gasteiger partial charge in [-0.1, -0.05) is 0 Å². The zero-order chi connectivity index (χ0) is 13.8. The molecule has 0 spiro atoms. The summed E-state index contributed by atoms with van der Waals surface area (Å²) in [5.74, 6) is 6.52. The highest BCUT2D eigenvalue weighted by atomic mass is 16.6. The van der Waals surface area contributed by atoms with Gasteiger partial charge in [0.25, 0.3) is 0 Å². The third-order valence-electron chi connectivity index (χ3n) is 2.53. The second-order valence-corrected chi connectivity index (χ2v) is 3.88. The Hall–Kier alpha value is -2.61. The Morgan fingerprint density at radius 1 is 1.53 bits per heavy atom. The lowest BCUT2D eigenvalue weighted by Gasteiger charge is -2.17. The van der Waals surface area contributed by atoms with Gasteiger partial charge in [0.05, 0.1) is 17.7 Å². The Labute approximate surface area is 109 Å². The molecule has 0 amide bonds. The number of pyridine rings is 1. The lowest BCUT2D eigenvalue weighted by Crippen LogP contribution is -2.20. The molecule has 0 radical (unpaired) electrons. The van der Waals surface area contributed by atoms with E-state index in [0.717, 1.165) is 0 Å². The van der Waals surface area contributed by atoms with Gasteiger partial charge in [-0.05, 0) is 18.2 Å². The maximum Gasteiger partial charge on any atom is 0.311 e. The van der Waals surface area contributed by atoms with Crippen molar-refractivity contribution < 1.29 is 9.34 Å². The van der Waals surface area contributed by atoms with Gasteiger partial charge in [-0.15, -0.1) is 0 Å². The van der Waals surface area contributed by atoms with Gasteiger partial charge in [-0.2, -0.15) is 0 Å². The average molecular weight is 263 g/mol. The van der Waals surface area contributed by atoms with Crippen LogP contribution in [0.2, 0.25) is 0 Å². The minimum absolute atomic E-state index is 0.0898. The molecule has 2 rings (SSSR count). The normalized spacial score (nSPS) is 10.2. The summed E-state index contributed by atoms with van der Waals surface area (Å²) in [7, 11) is 1.69. The van der Waals surface area contributed by atoms with Crippen LogP contribution in [0.4, 0.5) is 17.3 Å². The van der Waals surface area contributed by atoms with Gasteiger partial charge in [0.15, 0.2) is 0 Å². The molecule has 0 unspecified atom stereocenters. The lowest BCUT2D eigenvalue weighted by molar-refractivity contribution is -0.384. The Morgan fingerprint density at radius 2 is 2.32 bits per heavy atom. The van der Waals surface area contributed by atoms with Crippen molar-refractivity contribution in [2.75, 3.05) is 17.4 Å². The van der Waals surface area contributed by atoms with Crippen LogP contribution in [-0.4, -0.2) is 17.0 Å². The molecular formula is C11H13N5O3. The van der Waals surface area contributed by atoms with Crippen LogP contribution < -0.4 is 16.2 Å². The van der Waals surface area contributed by atoms with Crippen LogP contribution in [0.3, 0.4) is 0 Å². The van der Waals surface area contributed by atoms with E-state index in [1.54, 1.807) is 30.3 Å². The van der Waals surface area contributed by atoms with Gasteiger partial charge in [0.1, 0.15) is 11.6 Å². The fourth-order valence-electron chi connectivity index (χ4n) is 1.66. The topological polar surface area (TPSA) is 110 Å². The lowest BCUT2D eigenvalue weighted by atomic mass is 10.3. The highest BCUT2D eigenvalue weighted by molar-refractivity contribution is 5.61. The molecule has 2 aromatic heterocycles. The number of nitrogens with zero attached hydrogens (tertiary/aromatic N) is 3. The minimum Gasteiger partial charge on any atom is -0.467 e. The molecule has 19 heavy (non-hydrogen) atoms. The van der Waals surface area contributed by atoms with E-state index >= 15 is 0 Å². The van der Waals surface area contributed by atoms with Crippen molar-refractivity contribution in [3.63, 3.8) is 0 Å². The summed E-state index contributed by atoms with van der Waals surface area (Å²) in [5.41, 5.74) is 2.27. The van der Waals surface area contributed by atoms with Crippen molar-refractivity contribution in [3.8, 4) is 0 Å². The molecule has 0 aromatic carbocycles. The van der Waals surface area contributed by atoms with Crippen molar-refractivity contribution in [2.24, 2.45) is 5.84 Å². The number of hydrazine groups is 1. The molecule has 8 nitrogen and oxygen atoms in total. The third kappa shape index (κ3) is 2.80. The van der Waals surface area contributed by atoms with Crippen molar-refractivity contribution in [1.29, 1.82) is 0 Å². The number of nitrogens with one attached hydrogen (secondary N) is 1. The molecule has 3 N–H and O–H groups in total. The van der Waals surface area contributed by atoms with E-state index in [0.29, 0.717) is 18.1 Å². The average Bonchev–Trinajstić information content (AvgIpc) is 2.90. The van der Waals surface area contributed by atoms with Crippen LogP contribution in [0.15, 0.2) is 34.9 Å². The predicted molar refractivity (Wildman–Crippen MR) is 69.5 cm³/mol. The van der Waals surface area contributed by atoms with Crippen molar-refractivity contribution in [1.82, 2.24) is 4.98 Å². The molecule has 0 fully saturated rings. The molecule has 2 aromatic rings. The number of hydrogen-bond acceptors (Lipinski definition) is 7. The molecule has 8 heteroatoms. The molecule has 0 bridgehead atoms. The van der Waals surface area contributed by atoms with E-state index in [1.165, 1.54) is 12.1 Å². The fourth-order valence-corrected chi connectivity index (χ4v) is 1.66. The monoisotopic (exact) mass is 263 g/mol. The summed E-state index contributed by atoms with van der Waals surface area (Å²) < 4.78 is 5.20. The minimum atomic E-state index is -0.485. The second-order valence-electron chi connectivity index (χ2n) is 3.88. The molecule has 0 atom stereocenters. The molecule has 0 saturated carbocycles. The first-order chi connectivity index (χ1) is 9.11. The first-order valence-electron chi connectivity index (χ1n) is 5.47. The Kier molecular flexibility index (Phi) is 3.62. The number of nitro groups is 1. The molecular weight excluding hydrogens is 250 g/mol. The Bertz CT molecular complexity index is 570. The maximum atomic E-state index is 11.0. The number of anilines is 2. The molecule has 0 aliphatic heterocycles. The van der Waals surface area contributed by atoms with Crippen LogP contribution in [0.25, 0.3) is 0 Å². The van der Waals surface area contributed by atoms with Crippen LogP contribution >= 0.6 is 0 Å². The summed E-state index contributed by atoms with van der Waals surface area (Å²) >= 11 is 0. The van der Waals surface area contributed by atoms with E-state index in [1.807, 2.05) is 0 Å². The smallest absolute Gasteiger partial charge is 0.311 e. The van der Waals surface area contributed by atoms with Crippen LogP contribution in [-0.2, 0) is 6.54 Å². The highest BCUT2D eigenvalue weighted by Crippen LogP contribution is 2.27. The summed E-state index contributed by atoms with van der Waals surface area (Å²) in [4.78, 5) is 16.2. The zero-order valence-corrected chi connectivity index (χ0v) is 10.2. The van der Waals surface area contributed by atoms with Crippen LogP contribution in [0.1, 0.15) is 5.76 Å². The van der Waals surface area contributed by atoms with Gasteiger partial charge in [-0.25, -0.2) is 10.8 Å². The Morgan fingerprint density at radius 3 is 2.89 bits per heavy atom. The highest BCUT2D eigenvalue weighted by Gasteiger charge is 2.20. The largest absolute Gasteiger partial charge is 0.467 e. The van der Waals surface area contributed by atoms with Gasteiger partial charge >= 0.3 is 5.69 Å². The first-order valence-corrected chi connectivity index (χ1v) is 5.47. The summed E-state index contributed by atoms with van der Waals surface area (Å²) in [5, 5.41) is 11.0.